The van der Waals surface area contributed by atoms with E-state index < -0.39 is 5.97 Å². The highest BCUT2D eigenvalue weighted by Gasteiger charge is 2.50. The van der Waals surface area contributed by atoms with Crippen molar-refractivity contribution in [2.24, 2.45) is 17.8 Å². The number of esters is 1. The lowest BCUT2D eigenvalue weighted by Crippen LogP contribution is -2.30. The second-order valence-electron chi connectivity index (χ2n) is 7.54. The Morgan fingerprint density at radius 1 is 1.04 bits per heavy atom. The zero-order chi connectivity index (χ0) is 19.8. The molecule has 2 amide bonds. The van der Waals surface area contributed by atoms with Gasteiger partial charge >= 0.3 is 5.97 Å². The van der Waals surface area contributed by atoms with Gasteiger partial charge in [0.25, 0.3) is 0 Å². The second-order valence-corrected chi connectivity index (χ2v) is 7.97. The summed E-state index contributed by atoms with van der Waals surface area (Å²) >= 11 is 5.84. The first-order chi connectivity index (χ1) is 13.4. The number of rotatable bonds is 3. The monoisotopic (exact) mass is 397 g/mol. The van der Waals surface area contributed by atoms with Gasteiger partial charge in [0.2, 0.25) is 11.8 Å². The van der Waals surface area contributed by atoms with Crippen LogP contribution in [0.3, 0.4) is 0 Å². The molecule has 28 heavy (non-hydrogen) atoms. The summed E-state index contributed by atoms with van der Waals surface area (Å²) in [4.78, 5) is 39.3. The second kappa shape index (κ2) is 7.40. The molecule has 0 spiro atoms. The summed E-state index contributed by atoms with van der Waals surface area (Å²) in [6.45, 7) is 2.12. The smallest absolute Gasteiger partial charge is 0.343 e. The minimum absolute atomic E-state index is 0.150. The zero-order valence-corrected chi connectivity index (χ0v) is 16.2. The molecule has 0 unspecified atom stereocenters. The van der Waals surface area contributed by atoms with E-state index in [2.05, 4.69) is 6.92 Å². The van der Waals surface area contributed by atoms with Crippen LogP contribution in [0.4, 0.5) is 5.69 Å². The quantitative estimate of drug-likeness (QED) is 0.435. The first kappa shape index (κ1) is 18.7. The van der Waals surface area contributed by atoms with E-state index in [4.69, 9.17) is 16.3 Å². The van der Waals surface area contributed by atoms with Gasteiger partial charge < -0.3 is 4.74 Å². The van der Waals surface area contributed by atoms with Gasteiger partial charge in [-0.1, -0.05) is 24.6 Å². The van der Waals surface area contributed by atoms with E-state index in [1.165, 1.54) is 4.90 Å². The molecule has 3 atom stereocenters. The van der Waals surface area contributed by atoms with Gasteiger partial charge in [-0.25, -0.2) is 9.69 Å². The summed E-state index contributed by atoms with van der Waals surface area (Å²) in [5, 5.41) is 0.528. The number of nitrogens with zero attached hydrogens (tertiary/aromatic N) is 1. The molecule has 144 valence electrons. The Kier molecular flexibility index (Phi) is 4.94. The molecule has 2 fully saturated rings. The molecular formula is C22H20ClNO4. The lowest BCUT2D eigenvalue weighted by Gasteiger charge is -2.25. The molecule has 2 aliphatic rings. The van der Waals surface area contributed by atoms with E-state index in [0.29, 0.717) is 22.2 Å². The molecule has 1 heterocycles. The van der Waals surface area contributed by atoms with Gasteiger partial charge in [0.05, 0.1) is 23.1 Å². The number of halogens is 1. The maximum atomic E-state index is 12.9. The summed E-state index contributed by atoms with van der Waals surface area (Å²) in [5.41, 5.74) is 0.807. The summed E-state index contributed by atoms with van der Waals surface area (Å²) in [6, 6.07) is 12.9. The molecule has 0 aromatic heterocycles. The lowest BCUT2D eigenvalue weighted by molar-refractivity contribution is -0.122. The van der Waals surface area contributed by atoms with Crippen LogP contribution >= 0.6 is 11.6 Å². The molecule has 6 heteroatoms. The Morgan fingerprint density at radius 2 is 1.75 bits per heavy atom. The van der Waals surface area contributed by atoms with Crippen LogP contribution in [0.25, 0.3) is 0 Å². The Bertz CT molecular complexity index is 940. The van der Waals surface area contributed by atoms with Crippen LogP contribution in [0.15, 0.2) is 48.5 Å². The fourth-order valence-electron chi connectivity index (χ4n) is 4.08. The third-order valence-corrected chi connectivity index (χ3v) is 5.81. The predicted molar refractivity (Wildman–Crippen MR) is 105 cm³/mol. The van der Waals surface area contributed by atoms with Crippen molar-refractivity contribution in [3.8, 4) is 5.75 Å². The Morgan fingerprint density at radius 3 is 2.50 bits per heavy atom. The van der Waals surface area contributed by atoms with E-state index in [1.54, 1.807) is 48.5 Å². The highest BCUT2D eigenvalue weighted by atomic mass is 35.5. The largest absolute Gasteiger partial charge is 0.423 e. The van der Waals surface area contributed by atoms with Gasteiger partial charge in [-0.05, 0) is 61.6 Å². The fourth-order valence-corrected chi connectivity index (χ4v) is 4.21. The van der Waals surface area contributed by atoms with Crippen LogP contribution < -0.4 is 9.64 Å². The predicted octanol–water partition coefficient (Wildman–Crippen LogP) is 4.48. The third kappa shape index (κ3) is 3.42. The van der Waals surface area contributed by atoms with Crippen LogP contribution in [0, 0.1) is 17.8 Å². The normalized spacial score (nSPS) is 24.2. The van der Waals surface area contributed by atoms with Crippen LogP contribution in [-0.2, 0) is 9.59 Å². The minimum atomic E-state index is -0.532. The van der Waals surface area contributed by atoms with Crippen molar-refractivity contribution in [2.75, 3.05) is 4.90 Å². The zero-order valence-electron chi connectivity index (χ0n) is 15.4. The molecule has 2 aromatic rings. The van der Waals surface area contributed by atoms with Gasteiger partial charge in [0.15, 0.2) is 0 Å². The SMILES string of the molecule is C[C@@H]1CC[C@@H]2C(=O)N(c3cccc(OC(=O)c4ccc(Cl)cc4)c3)C(=O)[C@@H]2C1. The maximum absolute atomic E-state index is 12.9. The van der Waals surface area contributed by atoms with Gasteiger partial charge in [0.1, 0.15) is 5.75 Å². The van der Waals surface area contributed by atoms with E-state index >= 15 is 0 Å². The van der Waals surface area contributed by atoms with E-state index in [1.807, 2.05) is 0 Å². The van der Waals surface area contributed by atoms with Crippen LogP contribution in [0.5, 0.6) is 5.75 Å². The number of anilines is 1. The van der Waals surface area contributed by atoms with Crippen LogP contribution in [0.1, 0.15) is 36.5 Å². The van der Waals surface area contributed by atoms with Crippen molar-refractivity contribution in [2.45, 2.75) is 26.2 Å². The lowest BCUT2D eigenvalue weighted by atomic mass is 9.76. The molecule has 4 rings (SSSR count). The Balaban J connectivity index is 1.55. The Labute approximate surface area is 168 Å². The molecule has 1 saturated heterocycles. The minimum Gasteiger partial charge on any atom is -0.423 e. The number of carbonyl (C=O) groups is 3. The van der Waals surface area contributed by atoms with E-state index in [9.17, 15) is 14.4 Å². The molecular weight excluding hydrogens is 378 g/mol. The van der Waals surface area contributed by atoms with Crippen molar-refractivity contribution in [3.63, 3.8) is 0 Å². The van der Waals surface area contributed by atoms with Crippen molar-refractivity contribution >= 4 is 35.1 Å². The van der Waals surface area contributed by atoms with Crippen molar-refractivity contribution in [1.29, 1.82) is 0 Å². The molecule has 0 N–H and O–H groups in total. The topological polar surface area (TPSA) is 63.7 Å². The number of fused-ring (bicyclic) bond motifs is 1. The van der Waals surface area contributed by atoms with Gasteiger partial charge in [-0.2, -0.15) is 0 Å². The summed E-state index contributed by atoms with van der Waals surface area (Å²) in [7, 11) is 0. The number of amides is 2. The maximum Gasteiger partial charge on any atom is 0.343 e. The fraction of sp³-hybridized carbons (Fsp3) is 0.318. The third-order valence-electron chi connectivity index (χ3n) is 5.55. The van der Waals surface area contributed by atoms with Gasteiger partial charge in [0, 0.05) is 11.1 Å². The molecule has 1 aliphatic carbocycles. The van der Waals surface area contributed by atoms with E-state index in [0.717, 1.165) is 19.3 Å². The molecule has 0 bridgehead atoms. The highest BCUT2D eigenvalue weighted by Crippen LogP contribution is 2.42. The van der Waals surface area contributed by atoms with Crippen molar-refractivity contribution in [1.82, 2.24) is 0 Å². The number of imide groups is 1. The number of benzene rings is 2. The van der Waals surface area contributed by atoms with E-state index in [-0.39, 0.29) is 29.4 Å². The molecule has 1 aliphatic heterocycles. The number of hydrogen-bond donors (Lipinski definition) is 0. The highest BCUT2D eigenvalue weighted by molar-refractivity contribution is 6.30. The number of carbonyl (C=O) groups excluding carboxylic acids is 3. The first-order valence-corrected chi connectivity index (χ1v) is 9.77. The van der Waals surface area contributed by atoms with Crippen molar-refractivity contribution in [3.05, 3.63) is 59.1 Å². The molecule has 2 aromatic carbocycles. The van der Waals surface area contributed by atoms with Crippen LogP contribution in [0.2, 0.25) is 5.02 Å². The van der Waals surface area contributed by atoms with Gasteiger partial charge in [-0.3, -0.25) is 9.59 Å². The summed E-state index contributed by atoms with van der Waals surface area (Å²) in [6.07, 6.45) is 2.46. The average molecular weight is 398 g/mol. The first-order valence-electron chi connectivity index (χ1n) is 9.39. The molecule has 0 radical (unpaired) electrons. The number of hydrogen-bond acceptors (Lipinski definition) is 4. The molecule has 5 nitrogen and oxygen atoms in total. The molecule has 1 saturated carbocycles. The Hall–Kier alpha value is -2.66. The standard InChI is InChI=1S/C22H20ClNO4/c1-13-5-10-18-19(11-13)21(26)24(20(18)25)16-3-2-4-17(12-16)28-22(27)14-6-8-15(23)9-7-14/h2-4,6-9,12-13,18-19H,5,10-11H2,1H3/t13-,18+,19-/m1/s1. The van der Waals surface area contributed by atoms with Crippen molar-refractivity contribution < 1.29 is 19.1 Å². The summed E-state index contributed by atoms with van der Waals surface area (Å²) in [5.74, 6) is -0.576. The van der Waals surface area contributed by atoms with Gasteiger partial charge in [-0.15, -0.1) is 0 Å². The van der Waals surface area contributed by atoms with Crippen LogP contribution in [-0.4, -0.2) is 17.8 Å². The summed E-state index contributed by atoms with van der Waals surface area (Å²) < 4.78 is 5.42. The number of ether oxygens (including phenoxy) is 1. The average Bonchev–Trinajstić information content (AvgIpc) is 2.92.